The Kier molecular flexibility index (Phi) is 5.02. The highest BCUT2D eigenvalue weighted by Gasteiger charge is 2.11. The summed E-state index contributed by atoms with van der Waals surface area (Å²) in [7, 11) is 0. The number of ether oxygens (including phenoxy) is 1. The molecule has 0 unspecified atom stereocenters. The van der Waals surface area contributed by atoms with Gasteiger partial charge in [0.15, 0.2) is 0 Å². The van der Waals surface area contributed by atoms with Crippen molar-refractivity contribution in [1.29, 1.82) is 0 Å². The monoisotopic (exact) mass is 358 g/mol. The molecule has 5 heteroatoms. The molecule has 0 aromatic heterocycles. The third-order valence-corrected chi connectivity index (χ3v) is 3.55. The van der Waals surface area contributed by atoms with Gasteiger partial charge in [-0.2, -0.15) is 0 Å². The topological polar surface area (TPSA) is 29.5 Å². The fourth-order valence-electron chi connectivity index (χ4n) is 1.77. The average Bonchev–Trinajstić information content (AvgIpc) is 2.37. The first-order chi connectivity index (χ1) is 9.47. The second kappa shape index (κ2) is 6.57. The Labute approximate surface area is 130 Å². The van der Waals surface area contributed by atoms with Crippen LogP contribution in [0.3, 0.4) is 0 Å². The summed E-state index contributed by atoms with van der Waals surface area (Å²) < 4.78 is 20.1. The minimum atomic E-state index is -0.659. The van der Waals surface area contributed by atoms with Gasteiger partial charge in [0, 0.05) is 20.6 Å². The predicted molar refractivity (Wildman–Crippen MR) is 80.5 cm³/mol. The number of hydrogen-bond acceptors (Lipinski definition) is 2. The van der Waals surface area contributed by atoms with Crippen molar-refractivity contribution in [3.05, 3.63) is 62.8 Å². The summed E-state index contributed by atoms with van der Waals surface area (Å²) in [6.45, 7) is 1.72. The average molecular weight is 360 g/mol. The molecule has 0 amide bonds. The van der Waals surface area contributed by atoms with Crippen molar-refractivity contribution >= 4 is 27.5 Å². The van der Waals surface area contributed by atoms with Gasteiger partial charge in [0.05, 0.1) is 6.10 Å². The molecule has 0 radical (unpaired) electrons. The van der Waals surface area contributed by atoms with Crippen LogP contribution in [0.15, 0.2) is 40.9 Å². The lowest BCUT2D eigenvalue weighted by Gasteiger charge is -2.14. The fourth-order valence-corrected chi connectivity index (χ4v) is 2.27. The zero-order chi connectivity index (χ0) is 14.7. The van der Waals surface area contributed by atoms with E-state index in [9.17, 15) is 9.50 Å². The first-order valence-electron chi connectivity index (χ1n) is 6.01. The van der Waals surface area contributed by atoms with E-state index in [1.54, 1.807) is 31.2 Å². The zero-order valence-corrected chi connectivity index (χ0v) is 13.1. The summed E-state index contributed by atoms with van der Waals surface area (Å²) in [4.78, 5) is 0. The second-order valence-corrected chi connectivity index (χ2v) is 5.73. The summed E-state index contributed by atoms with van der Waals surface area (Å²) in [5.41, 5.74) is 1.06. The molecule has 2 nitrogen and oxygen atoms in total. The molecule has 2 aromatic rings. The summed E-state index contributed by atoms with van der Waals surface area (Å²) >= 11 is 9.04. The van der Waals surface area contributed by atoms with E-state index in [0.717, 1.165) is 4.47 Å². The molecule has 0 aliphatic carbocycles. The van der Waals surface area contributed by atoms with Gasteiger partial charge in [-0.1, -0.05) is 39.7 Å². The molecule has 0 saturated heterocycles. The van der Waals surface area contributed by atoms with E-state index in [1.807, 2.05) is 6.07 Å². The van der Waals surface area contributed by atoms with Gasteiger partial charge < -0.3 is 9.84 Å². The molecule has 0 aliphatic heterocycles. The van der Waals surface area contributed by atoms with E-state index < -0.39 is 11.9 Å². The Morgan fingerprint density at radius 2 is 2.05 bits per heavy atom. The van der Waals surface area contributed by atoms with E-state index >= 15 is 0 Å². The number of benzene rings is 2. The zero-order valence-electron chi connectivity index (χ0n) is 10.7. The standard InChI is InChI=1S/C15H13BrClFO2/c1-9(19)13-5-3-11(16)6-15(13)20-8-10-2-4-12(17)7-14(10)18/h2-7,9,19H,8H2,1H3/t9-/m0/s1. The summed E-state index contributed by atoms with van der Waals surface area (Å²) in [5.74, 6) is 0.106. The molecular formula is C15H13BrClFO2. The molecule has 0 fully saturated rings. The number of rotatable bonds is 4. The third kappa shape index (κ3) is 3.72. The van der Waals surface area contributed by atoms with Crippen LogP contribution in [0.25, 0.3) is 0 Å². The molecule has 1 atom stereocenters. The SMILES string of the molecule is C[C@H](O)c1ccc(Br)cc1OCc1ccc(Cl)cc1F. The van der Waals surface area contributed by atoms with Gasteiger partial charge in [-0.05, 0) is 31.2 Å². The van der Waals surface area contributed by atoms with E-state index in [2.05, 4.69) is 15.9 Å². The molecular weight excluding hydrogens is 347 g/mol. The lowest BCUT2D eigenvalue weighted by Crippen LogP contribution is -2.02. The number of hydrogen-bond donors (Lipinski definition) is 1. The predicted octanol–water partition coefficient (Wildman–Crippen LogP) is 4.87. The van der Waals surface area contributed by atoms with E-state index in [0.29, 0.717) is 21.9 Å². The molecule has 2 aromatic carbocycles. The molecule has 0 saturated carbocycles. The van der Waals surface area contributed by atoms with Crippen LogP contribution in [-0.4, -0.2) is 5.11 Å². The molecule has 106 valence electrons. The quantitative estimate of drug-likeness (QED) is 0.843. The van der Waals surface area contributed by atoms with Gasteiger partial charge >= 0.3 is 0 Å². The highest BCUT2D eigenvalue weighted by atomic mass is 79.9. The Morgan fingerprint density at radius 1 is 1.30 bits per heavy atom. The Morgan fingerprint density at radius 3 is 2.70 bits per heavy atom. The van der Waals surface area contributed by atoms with E-state index in [4.69, 9.17) is 16.3 Å². The lowest BCUT2D eigenvalue weighted by atomic mass is 10.1. The minimum Gasteiger partial charge on any atom is -0.488 e. The van der Waals surface area contributed by atoms with E-state index in [-0.39, 0.29) is 6.61 Å². The van der Waals surface area contributed by atoms with Gasteiger partial charge in [-0.3, -0.25) is 0 Å². The maximum Gasteiger partial charge on any atom is 0.131 e. The smallest absolute Gasteiger partial charge is 0.131 e. The molecule has 1 N–H and O–H groups in total. The molecule has 0 aliphatic rings. The molecule has 0 bridgehead atoms. The van der Waals surface area contributed by atoms with Crippen LogP contribution >= 0.6 is 27.5 Å². The van der Waals surface area contributed by atoms with Crippen molar-refractivity contribution in [2.24, 2.45) is 0 Å². The van der Waals surface area contributed by atoms with Crippen molar-refractivity contribution in [2.45, 2.75) is 19.6 Å². The number of aliphatic hydroxyl groups is 1. The summed E-state index contributed by atoms with van der Waals surface area (Å²) in [6.07, 6.45) is -0.659. The van der Waals surface area contributed by atoms with Crippen LogP contribution in [0.5, 0.6) is 5.75 Å². The van der Waals surface area contributed by atoms with Crippen LogP contribution in [0.4, 0.5) is 4.39 Å². The Hall–Kier alpha value is -1.10. The Bertz CT molecular complexity index is 617. The normalized spacial score (nSPS) is 12.2. The first kappa shape index (κ1) is 15.3. The number of halogens is 3. The van der Waals surface area contributed by atoms with Crippen molar-refractivity contribution in [3.63, 3.8) is 0 Å². The maximum atomic E-state index is 13.7. The Balaban J connectivity index is 2.20. The largest absolute Gasteiger partial charge is 0.488 e. The fraction of sp³-hybridized carbons (Fsp3) is 0.200. The van der Waals surface area contributed by atoms with Gasteiger partial charge in [-0.25, -0.2) is 4.39 Å². The van der Waals surface area contributed by atoms with Crippen molar-refractivity contribution in [2.75, 3.05) is 0 Å². The summed E-state index contributed by atoms with van der Waals surface area (Å²) in [5, 5.41) is 10.0. The van der Waals surface area contributed by atoms with Crippen LogP contribution < -0.4 is 4.74 Å². The van der Waals surface area contributed by atoms with Crippen molar-refractivity contribution < 1.29 is 14.2 Å². The molecule has 2 rings (SSSR count). The summed E-state index contributed by atoms with van der Waals surface area (Å²) in [6, 6.07) is 9.77. The highest BCUT2D eigenvalue weighted by Crippen LogP contribution is 2.29. The van der Waals surface area contributed by atoms with Gasteiger partial charge in [-0.15, -0.1) is 0 Å². The highest BCUT2D eigenvalue weighted by molar-refractivity contribution is 9.10. The van der Waals surface area contributed by atoms with Crippen molar-refractivity contribution in [3.8, 4) is 5.75 Å². The number of aliphatic hydroxyl groups excluding tert-OH is 1. The minimum absolute atomic E-state index is 0.0686. The first-order valence-corrected chi connectivity index (χ1v) is 7.18. The molecule has 20 heavy (non-hydrogen) atoms. The van der Waals surface area contributed by atoms with Crippen molar-refractivity contribution in [1.82, 2.24) is 0 Å². The van der Waals surface area contributed by atoms with Gasteiger partial charge in [0.25, 0.3) is 0 Å². The van der Waals surface area contributed by atoms with Crippen LogP contribution in [0.1, 0.15) is 24.2 Å². The van der Waals surface area contributed by atoms with Crippen LogP contribution in [0.2, 0.25) is 5.02 Å². The molecule has 0 spiro atoms. The maximum absolute atomic E-state index is 13.7. The van der Waals surface area contributed by atoms with Crippen LogP contribution in [-0.2, 0) is 6.61 Å². The van der Waals surface area contributed by atoms with Crippen LogP contribution in [0, 0.1) is 5.82 Å². The third-order valence-electron chi connectivity index (χ3n) is 2.82. The molecule has 0 heterocycles. The van der Waals surface area contributed by atoms with Gasteiger partial charge in [0.1, 0.15) is 18.2 Å². The van der Waals surface area contributed by atoms with Gasteiger partial charge in [0.2, 0.25) is 0 Å². The van der Waals surface area contributed by atoms with E-state index in [1.165, 1.54) is 6.07 Å². The second-order valence-electron chi connectivity index (χ2n) is 4.38. The lowest BCUT2D eigenvalue weighted by molar-refractivity contribution is 0.190.